The van der Waals surface area contributed by atoms with E-state index in [4.69, 9.17) is 4.74 Å². The van der Waals surface area contributed by atoms with Crippen LogP contribution < -0.4 is 10.1 Å². The third kappa shape index (κ3) is 3.76. The number of benzene rings is 1. The fourth-order valence-corrected chi connectivity index (χ4v) is 1.37. The number of methoxy groups -OCH3 is 2. The Morgan fingerprint density at radius 3 is 2.78 bits per heavy atom. The second-order valence-corrected chi connectivity index (χ2v) is 3.60. The summed E-state index contributed by atoms with van der Waals surface area (Å²) in [5.41, 5.74) is 1.17. The number of ether oxygens (including phenoxy) is 2. The molecule has 0 saturated carbocycles. The van der Waals surface area contributed by atoms with Gasteiger partial charge in [-0.1, -0.05) is 6.08 Å². The zero-order valence-corrected chi connectivity index (χ0v) is 10.6. The molecule has 98 valence electrons. The Kier molecular flexibility index (Phi) is 5.17. The molecule has 0 saturated heterocycles. The van der Waals surface area contributed by atoms with Gasteiger partial charge in [-0.3, -0.25) is 0 Å². The van der Waals surface area contributed by atoms with Crippen molar-refractivity contribution < 1.29 is 18.7 Å². The van der Waals surface area contributed by atoms with Crippen LogP contribution >= 0.6 is 0 Å². The van der Waals surface area contributed by atoms with E-state index in [-0.39, 0.29) is 11.8 Å². The number of nitrogens with one attached hydrogen (secondary N) is 1. The summed E-state index contributed by atoms with van der Waals surface area (Å²) >= 11 is 0. The van der Waals surface area contributed by atoms with Crippen LogP contribution in [-0.4, -0.2) is 26.7 Å². The third-order valence-electron chi connectivity index (χ3n) is 2.37. The quantitative estimate of drug-likeness (QED) is 0.646. The number of hydrogen-bond donors (Lipinski definition) is 1. The van der Waals surface area contributed by atoms with E-state index in [1.54, 1.807) is 19.1 Å². The number of halogens is 1. The molecule has 1 aromatic carbocycles. The van der Waals surface area contributed by atoms with Crippen LogP contribution in [0.1, 0.15) is 6.92 Å². The van der Waals surface area contributed by atoms with Crippen LogP contribution in [0.3, 0.4) is 0 Å². The molecule has 0 spiro atoms. The molecule has 0 bridgehead atoms. The SMILES string of the molecule is COC(=O)/C(C)=C/CNc1ccc(F)cc1OC. The van der Waals surface area contributed by atoms with E-state index in [9.17, 15) is 9.18 Å². The van der Waals surface area contributed by atoms with Crippen molar-refractivity contribution in [3.8, 4) is 5.75 Å². The van der Waals surface area contributed by atoms with Gasteiger partial charge >= 0.3 is 5.97 Å². The van der Waals surface area contributed by atoms with Crippen LogP contribution in [-0.2, 0) is 9.53 Å². The van der Waals surface area contributed by atoms with Gasteiger partial charge in [-0.2, -0.15) is 0 Å². The fourth-order valence-electron chi connectivity index (χ4n) is 1.37. The Bertz CT molecular complexity index is 458. The summed E-state index contributed by atoms with van der Waals surface area (Å²) in [4.78, 5) is 11.1. The minimum Gasteiger partial charge on any atom is -0.494 e. The first-order chi connectivity index (χ1) is 8.58. The maximum atomic E-state index is 13.0. The molecule has 4 nitrogen and oxygen atoms in total. The predicted molar refractivity (Wildman–Crippen MR) is 67.2 cm³/mol. The van der Waals surface area contributed by atoms with Gasteiger partial charge in [-0.25, -0.2) is 9.18 Å². The smallest absolute Gasteiger partial charge is 0.333 e. The van der Waals surface area contributed by atoms with Gasteiger partial charge in [0.05, 0.1) is 19.9 Å². The van der Waals surface area contributed by atoms with Gasteiger partial charge in [0.25, 0.3) is 0 Å². The second-order valence-electron chi connectivity index (χ2n) is 3.60. The van der Waals surface area contributed by atoms with E-state index < -0.39 is 0 Å². The van der Waals surface area contributed by atoms with Gasteiger partial charge < -0.3 is 14.8 Å². The van der Waals surface area contributed by atoms with Crippen molar-refractivity contribution >= 4 is 11.7 Å². The van der Waals surface area contributed by atoms with Gasteiger partial charge in [0.1, 0.15) is 11.6 Å². The summed E-state index contributed by atoms with van der Waals surface area (Å²) in [5, 5.41) is 3.03. The maximum absolute atomic E-state index is 13.0. The number of esters is 1. The van der Waals surface area contributed by atoms with E-state index in [1.165, 1.54) is 26.4 Å². The monoisotopic (exact) mass is 253 g/mol. The van der Waals surface area contributed by atoms with Crippen molar-refractivity contribution in [2.45, 2.75) is 6.92 Å². The first kappa shape index (κ1) is 14.0. The average molecular weight is 253 g/mol. The molecule has 0 aliphatic carbocycles. The zero-order chi connectivity index (χ0) is 13.5. The first-order valence-corrected chi connectivity index (χ1v) is 5.41. The lowest BCUT2D eigenvalue weighted by Gasteiger charge is -2.09. The Morgan fingerprint density at radius 2 is 2.17 bits per heavy atom. The summed E-state index contributed by atoms with van der Waals surface area (Å²) in [7, 11) is 2.80. The van der Waals surface area contributed by atoms with Crippen molar-refractivity contribution in [1.82, 2.24) is 0 Å². The van der Waals surface area contributed by atoms with Crippen molar-refractivity contribution in [3.63, 3.8) is 0 Å². The van der Waals surface area contributed by atoms with Gasteiger partial charge in [-0.15, -0.1) is 0 Å². The highest BCUT2D eigenvalue weighted by Gasteiger charge is 2.04. The summed E-state index contributed by atoms with van der Waals surface area (Å²) in [6.45, 7) is 2.08. The number of anilines is 1. The Labute approximate surface area is 105 Å². The molecule has 0 aliphatic heterocycles. The lowest BCUT2D eigenvalue weighted by Crippen LogP contribution is -2.06. The molecule has 0 atom stereocenters. The second kappa shape index (κ2) is 6.64. The van der Waals surface area contributed by atoms with Crippen molar-refractivity contribution in [2.24, 2.45) is 0 Å². The van der Waals surface area contributed by atoms with Crippen molar-refractivity contribution in [2.75, 3.05) is 26.1 Å². The van der Waals surface area contributed by atoms with Crippen LogP contribution in [0.15, 0.2) is 29.8 Å². The van der Waals surface area contributed by atoms with Crippen LogP contribution in [0.4, 0.5) is 10.1 Å². The van der Waals surface area contributed by atoms with Crippen LogP contribution in [0, 0.1) is 5.82 Å². The topological polar surface area (TPSA) is 47.6 Å². The Hall–Kier alpha value is -2.04. The fraction of sp³-hybridized carbons (Fsp3) is 0.308. The van der Waals surface area contributed by atoms with Crippen molar-refractivity contribution in [3.05, 3.63) is 35.7 Å². The normalized spacial score (nSPS) is 11.0. The van der Waals surface area contributed by atoms with E-state index in [0.717, 1.165) is 0 Å². The lowest BCUT2D eigenvalue weighted by molar-refractivity contribution is -0.136. The number of hydrogen-bond acceptors (Lipinski definition) is 4. The minimum atomic E-state index is -0.372. The van der Waals surface area contributed by atoms with Crippen LogP contribution in [0.25, 0.3) is 0 Å². The highest BCUT2D eigenvalue weighted by atomic mass is 19.1. The molecular weight excluding hydrogens is 237 g/mol. The highest BCUT2D eigenvalue weighted by Crippen LogP contribution is 2.24. The molecule has 18 heavy (non-hydrogen) atoms. The molecule has 5 heteroatoms. The largest absolute Gasteiger partial charge is 0.494 e. The van der Waals surface area contributed by atoms with Gasteiger partial charge in [0, 0.05) is 18.2 Å². The van der Waals surface area contributed by atoms with Crippen LogP contribution in [0.5, 0.6) is 5.75 Å². The number of rotatable bonds is 5. The molecule has 0 radical (unpaired) electrons. The number of carbonyl (C=O) groups is 1. The Morgan fingerprint density at radius 1 is 1.44 bits per heavy atom. The first-order valence-electron chi connectivity index (χ1n) is 5.41. The Balaban J connectivity index is 2.67. The molecule has 0 aliphatic rings. The lowest BCUT2D eigenvalue weighted by atomic mass is 10.2. The van der Waals surface area contributed by atoms with E-state index in [0.29, 0.717) is 23.6 Å². The van der Waals surface area contributed by atoms with Crippen molar-refractivity contribution in [1.29, 1.82) is 0 Å². The summed E-state index contributed by atoms with van der Waals surface area (Å²) in [6, 6.07) is 4.20. The highest BCUT2D eigenvalue weighted by molar-refractivity contribution is 5.87. The molecule has 1 rings (SSSR count). The molecule has 1 N–H and O–H groups in total. The zero-order valence-electron chi connectivity index (χ0n) is 10.6. The predicted octanol–water partition coefficient (Wildman–Crippen LogP) is 2.37. The molecule has 0 fully saturated rings. The molecule has 1 aromatic rings. The maximum Gasteiger partial charge on any atom is 0.333 e. The van der Waals surface area contributed by atoms with E-state index in [1.807, 2.05) is 0 Å². The molecule has 0 heterocycles. The van der Waals surface area contributed by atoms with E-state index >= 15 is 0 Å². The van der Waals surface area contributed by atoms with E-state index in [2.05, 4.69) is 10.1 Å². The summed E-state index contributed by atoms with van der Waals surface area (Å²) in [5.74, 6) is -0.319. The van der Waals surface area contributed by atoms with Gasteiger partial charge in [0.2, 0.25) is 0 Å². The van der Waals surface area contributed by atoms with Gasteiger partial charge in [0.15, 0.2) is 0 Å². The summed E-state index contributed by atoms with van der Waals surface area (Å²) in [6.07, 6.45) is 1.69. The average Bonchev–Trinajstić information content (AvgIpc) is 2.39. The molecule has 0 aromatic heterocycles. The third-order valence-corrected chi connectivity index (χ3v) is 2.37. The number of carbonyl (C=O) groups excluding carboxylic acids is 1. The summed E-state index contributed by atoms with van der Waals surface area (Å²) < 4.78 is 22.6. The van der Waals surface area contributed by atoms with Gasteiger partial charge in [-0.05, 0) is 19.1 Å². The minimum absolute atomic E-state index is 0.362. The molecule has 0 unspecified atom stereocenters. The standard InChI is InChI=1S/C13H16FNO3/c1-9(13(16)18-3)6-7-15-11-5-4-10(14)8-12(11)17-2/h4-6,8,15H,7H2,1-3H3/b9-6+. The van der Waals surface area contributed by atoms with Crippen LogP contribution in [0.2, 0.25) is 0 Å². The molecule has 0 amide bonds. The molecular formula is C13H16FNO3.